The van der Waals surface area contributed by atoms with Gasteiger partial charge in [0, 0.05) is 11.6 Å². The summed E-state index contributed by atoms with van der Waals surface area (Å²) >= 11 is 4.16. The van der Waals surface area contributed by atoms with Crippen molar-refractivity contribution in [2.45, 2.75) is 0 Å². The predicted octanol–water partition coefficient (Wildman–Crippen LogP) is 2.16. The van der Waals surface area contributed by atoms with Crippen molar-refractivity contribution in [3.05, 3.63) is 40.8 Å². The molecule has 88 valence electrons. The molecule has 0 aliphatic carbocycles. The molecule has 0 bridgehead atoms. The van der Waals surface area contributed by atoms with Crippen LogP contribution in [0.1, 0.15) is 0 Å². The maximum atomic E-state index is 10.9. The van der Waals surface area contributed by atoms with Gasteiger partial charge in [0.2, 0.25) is 5.75 Å². The number of nitro benzene ring substituents is 1. The van der Waals surface area contributed by atoms with Crippen LogP contribution in [0.4, 0.5) is 5.69 Å². The number of rotatable bonds is 3. The zero-order valence-corrected chi connectivity index (χ0v) is 9.79. The second-order valence-electron chi connectivity index (χ2n) is 3.24. The van der Waals surface area contributed by atoms with Crippen LogP contribution in [-0.4, -0.2) is 21.0 Å². The first-order valence-electron chi connectivity index (χ1n) is 4.68. The Balaban J connectivity index is 2.67. The summed E-state index contributed by atoms with van der Waals surface area (Å²) in [7, 11) is 1.39. The monoisotopic (exact) mass is 251 g/mol. The van der Waals surface area contributed by atoms with Crippen LogP contribution < -0.4 is 4.74 Å². The van der Waals surface area contributed by atoms with Crippen LogP contribution in [0.3, 0.4) is 0 Å². The van der Waals surface area contributed by atoms with Gasteiger partial charge in [0.25, 0.3) is 0 Å². The Kier molecular flexibility index (Phi) is 3.01. The Bertz CT molecular complexity index is 568. The van der Waals surface area contributed by atoms with Gasteiger partial charge in [-0.15, -0.1) is 0 Å². The van der Waals surface area contributed by atoms with Gasteiger partial charge in [0.15, 0.2) is 0 Å². The zero-order valence-electron chi connectivity index (χ0n) is 8.90. The fourth-order valence-corrected chi connectivity index (χ4v) is 1.79. The first-order valence-corrected chi connectivity index (χ1v) is 5.08. The first kappa shape index (κ1) is 11.5. The minimum Gasteiger partial charge on any atom is -0.490 e. The van der Waals surface area contributed by atoms with Crippen molar-refractivity contribution in [2.24, 2.45) is 0 Å². The SMILES string of the molecule is COc1c(-c2cncn2S)cccc1[N+](=O)[O-]. The minimum absolute atomic E-state index is 0.0838. The molecule has 0 atom stereocenters. The number of nitrogens with zero attached hydrogens (tertiary/aromatic N) is 3. The average Bonchev–Trinajstić information content (AvgIpc) is 2.74. The maximum Gasteiger partial charge on any atom is 0.311 e. The Morgan fingerprint density at radius 3 is 2.82 bits per heavy atom. The molecule has 0 radical (unpaired) electrons. The number of benzene rings is 1. The fraction of sp³-hybridized carbons (Fsp3) is 0.100. The van der Waals surface area contributed by atoms with Gasteiger partial charge in [-0.2, -0.15) is 0 Å². The molecule has 17 heavy (non-hydrogen) atoms. The molecule has 0 fully saturated rings. The number of nitro groups is 1. The maximum absolute atomic E-state index is 10.9. The van der Waals surface area contributed by atoms with Gasteiger partial charge >= 0.3 is 5.69 Å². The Morgan fingerprint density at radius 1 is 1.53 bits per heavy atom. The molecule has 0 aliphatic rings. The lowest BCUT2D eigenvalue weighted by Crippen LogP contribution is -1.96. The molecule has 0 N–H and O–H groups in total. The highest BCUT2D eigenvalue weighted by Crippen LogP contribution is 2.37. The average molecular weight is 251 g/mol. The van der Waals surface area contributed by atoms with E-state index in [0.29, 0.717) is 11.3 Å². The summed E-state index contributed by atoms with van der Waals surface area (Å²) in [6.45, 7) is 0. The van der Waals surface area contributed by atoms with E-state index in [2.05, 4.69) is 17.8 Å². The molecule has 1 aromatic heterocycles. The topological polar surface area (TPSA) is 70.2 Å². The summed E-state index contributed by atoms with van der Waals surface area (Å²) in [6.07, 6.45) is 3.06. The summed E-state index contributed by atoms with van der Waals surface area (Å²) in [6, 6.07) is 4.70. The van der Waals surface area contributed by atoms with Crippen molar-refractivity contribution in [2.75, 3.05) is 7.11 Å². The van der Waals surface area contributed by atoms with Crippen LogP contribution in [0.5, 0.6) is 5.75 Å². The van der Waals surface area contributed by atoms with Crippen molar-refractivity contribution in [1.29, 1.82) is 0 Å². The van der Waals surface area contributed by atoms with Gasteiger partial charge in [-0.25, -0.2) is 4.98 Å². The van der Waals surface area contributed by atoms with E-state index in [9.17, 15) is 10.1 Å². The van der Waals surface area contributed by atoms with Crippen LogP contribution in [0.15, 0.2) is 30.7 Å². The van der Waals surface area contributed by atoms with Crippen LogP contribution >= 0.6 is 12.8 Å². The molecule has 0 saturated heterocycles. The Morgan fingerprint density at radius 2 is 2.29 bits per heavy atom. The van der Waals surface area contributed by atoms with Gasteiger partial charge < -0.3 is 4.74 Å². The van der Waals surface area contributed by atoms with Crippen LogP contribution in [-0.2, 0) is 0 Å². The van der Waals surface area contributed by atoms with Gasteiger partial charge in [0.05, 0.1) is 23.9 Å². The Labute approximate surface area is 103 Å². The second-order valence-corrected chi connectivity index (χ2v) is 3.67. The molecular formula is C10H9N3O3S. The fourth-order valence-electron chi connectivity index (χ4n) is 1.57. The number of hydrogen-bond acceptors (Lipinski definition) is 5. The molecule has 6 nitrogen and oxygen atoms in total. The van der Waals surface area contributed by atoms with E-state index in [-0.39, 0.29) is 11.4 Å². The van der Waals surface area contributed by atoms with E-state index in [1.807, 2.05) is 0 Å². The minimum atomic E-state index is -0.485. The summed E-state index contributed by atoms with van der Waals surface area (Å²) in [5.41, 5.74) is 1.13. The smallest absolute Gasteiger partial charge is 0.311 e. The summed E-state index contributed by atoms with van der Waals surface area (Å²) in [5.74, 6) is 0.202. The van der Waals surface area contributed by atoms with Gasteiger partial charge in [0.1, 0.15) is 6.33 Å². The van der Waals surface area contributed by atoms with E-state index in [1.54, 1.807) is 18.3 Å². The number of imidazole rings is 1. The molecule has 0 spiro atoms. The van der Waals surface area contributed by atoms with Crippen LogP contribution in [0, 0.1) is 10.1 Å². The lowest BCUT2D eigenvalue weighted by molar-refractivity contribution is -0.385. The van der Waals surface area contributed by atoms with Gasteiger partial charge in [-0.1, -0.05) is 18.9 Å². The summed E-state index contributed by atoms with van der Waals surface area (Å²) < 4.78 is 6.57. The number of methoxy groups -OCH3 is 1. The number of ether oxygens (including phenoxy) is 1. The molecule has 0 aliphatic heterocycles. The van der Waals surface area contributed by atoms with E-state index in [0.717, 1.165) is 0 Å². The van der Waals surface area contributed by atoms with Crippen molar-refractivity contribution in [1.82, 2.24) is 8.96 Å². The van der Waals surface area contributed by atoms with Crippen molar-refractivity contribution >= 4 is 18.5 Å². The number of para-hydroxylation sites is 1. The Hall–Kier alpha value is -2.02. The van der Waals surface area contributed by atoms with Crippen molar-refractivity contribution in [3.63, 3.8) is 0 Å². The highest BCUT2D eigenvalue weighted by Gasteiger charge is 2.20. The van der Waals surface area contributed by atoms with Crippen LogP contribution in [0.25, 0.3) is 11.3 Å². The number of hydrogen-bond donors (Lipinski definition) is 1. The molecule has 0 amide bonds. The molecule has 7 heteroatoms. The van der Waals surface area contributed by atoms with Crippen molar-refractivity contribution < 1.29 is 9.66 Å². The normalized spacial score (nSPS) is 10.2. The highest BCUT2D eigenvalue weighted by atomic mass is 32.1. The quantitative estimate of drug-likeness (QED) is 0.515. The van der Waals surface area contributed by atoms with Crippen LogP contribution in [0.2, 0.25) is 0 Å². The molecule has 2 aromatic rings. The third kappa shape index (κ3) is 1.96. The predicted molar refractivity (Wildman–Crippen MR) is 65.3 cm³/mol. The first-order chi connectivity index (χ1) is 8.15. The van der Waals surface area contributed by atoms with E-state index >= 15 is 0 Å². The van der Waals surface area contributed by atoms with E-state index in [4.69, 9.17) is 4.74 Å². The van der Waals surface area contributed by atoms with E-state index in [1.165, 1.54) is 23.5 Å². The third-order valence-electron chi connectivity index (χ3n) is 2.29. The third-order valence-corrected chi connectivity index (χ3v) is 2.61. The molecule has 1 aromatic carbocycles. The molecule has 2 rings (SSSR count). The van der Waals surface area contributed by atoms with Crippen molar-refractivity contribution in [3.8, 4) is 17.0 Å². The zero-order chi connectivity index (χ0) is 12.4. The largest absolute Gasteiger partial charge is 0.490 e. The lowest BCUT2D eigenvalue weighted by atomic mass is 10.1. The lowest BCUT2D eigenvalue weighted by Gasteiger charge is -2.08. The highest BCUT2D eigenvalue weighted by molar-refractivity contribution is 7.78. The number of aromatic nitrogens is 2. The molecule has 1 heterocycles. The molecular weight excluding hydrogens is 242 g/mol. The molecule has 0 saturated carbocycles. The summed E-state index contributed by atoms with van der Waals surface area (Å²) in [5, 5.41) is 10.9. The second kappa shape index (κ2) is 4.46. The van der Waals surface area contributed by atoms with Gasteiger partial charge in [-0.3, -0.25) is 14.1 Å². The van der Waals surface area contributed by atoms with Gasteiger partial charge in [-0.05, 0) is 6.07 Å². The standard InChI is InChI=1S/C10H9N3O3S/c1-16-10-7(9-5-11-6-12(9)17)3-2-4-8(10)13(14)15/h2-6,17H,1H3. The number of thiol groups is 1. The van der Waals surface area contributed by atoms with E-state index < -0.39 is 4.92 Å². The molecule has 0 unspecified atom stereocenters. The summed E-state index contributed by atoms with van der Waals surface area (Å²) in [4.78, 5) is 14.3.